The molecule has 90 valence electrons. The number of rotatable bonds is 0. The van der Waals surface area contributed by atoms with Crippen molar-refractivity contribution >= 4 is 5.78 Å². The van der Waals surface area contributed by atoms with E-state index in [0.717, 1.165) is 19.3 Å². The average molecular weight is 224 g/mol. The van der Waals surface area contributed by atoms with Crippen molar-refractivity contribution in [2.45, 2.75) is 45.3 Å². The van der Waals surface area contributed by atoms with Gasteiger partial charge in [0.1, 0.15) is 5.78 Å². The van der Waals surface area contributed by atoms with Crippen LogP contribution < -0.4 is 0 Å². The molecule has 3 rings (SSSR count). The Labute approximate surface area is 96.5 Å². The van der Waals surface area contributed by atoms with Crippen LogP contribution in [0.5, 0.6) is 0 Å². The highest BCUT2D eigenvalue weighted by molar-refractivity contribution is 5.84. The molecule has 0 aromatic rings. The molecule has 1 saturated heterocycles. The van der Waals surface area contributed by atoms with Crippen molar-refractivity contribution < 1.29 is 14.3 Å². The van der Waals surface area contributed by atoms with Gasteiger partial charge in [0.05, 0.1) is 13.2 Å². The lowest BCUT2D eigenvalue weighted by atomic mass is 9.62. The fraction of sp³-hybridized carbons (Fsp3) is 0.923. The molecule has 0 amide bonds. The number of hydrogen-bond donors (Lipinski definition) is 0. The van der Waals surface area contributed by atoms with E-state index in [-0.39, 0.29) is 11.3 Å². The molecular formula is C13H20O3. The summed E-state index contributed by atoms with van der Waals surface area (Å²) in [5, 5.41) is 0. The molecule has 1 aliphatic heterocycles. The van der Waals surface area contributed by atoms with E-state index in [2.05, 4.69) is 13.8 Å². The summed E-state index contributed by atoms with van der Waals surface area (Å²) < 4.78 is 11.7. The first-order chi connectivity index (χ1) is 7.55. The topological polar surface area (TPSA) is 35.5 Å². The van der Waals surface area contributed by atoms with E-state index in [9.17, 15) is 4.79 Å². The summed E-state index contributed by atoms with van der Waals surface area (Å²) in [5.74, 6) is 0.463. The van der Waals surface area contributed by atoms with Gasteiger partial charge in [-0.1, -0.05) is 13.8 Å². The standard InChI is InChI=1S/C13H20O3/c1-12(2)5-6-13(15-7-8-16-13)9-3-4-10(14)11(9)12/h9,11H,3-8H2,1-2H3. The quantitative estimate of drug-likeness (QED) is 0.632. The number of hydrogen-bond acceptors (Lipinski definition) is 3. The molecule has 16 heavy (non-hydrogen) atoms. The minimum absolute atomic E-state index is 0.124. The summed E-state index contributed by atoms with van der Waals surface area (Å²) in [4.78, 5) is 12.1. The Kier molecular flexibility index (Phi) is 2.21. The molecular weight excluding hydrogens is 204 g/mol. The van der Waals surface area contributed by atoms with E-state index in [0.29, 0.717) is 31.3 Å². The van der Waals surface area contributed by atoms with E-state index in [1.165, 1.54) is 0 Å². The molecule has 2 atom stereocenters. The van der Waals surface area contributed by atoms with Crippen LogP contribution in [0.2, 0.25) is 0 Å². The first kappa shape index (κ1) is 10.7. The van der Waals surface area contributed by atoms with Gasteiger partial charge < -0.3 is 9.47 Å². The second-order valence-corrected chi connectivity index (χ2v) is 6.09. The molecule has 2 unspecified atom stereocenters. The maximum absolute atomic E-state index is 12.1. The summed E-state index contributed by atoms with van der Waals surface area (Å²) >= 11 is 0. The van der Waals surface area contributed by atoms with Crippen LogP contribution in [0.4, 0.5) is 0 Å². The third-order valence-corrected chi connectivity index (χ3v) is 4.75. The molecule has 0 N–H and O–H groups in total. The maximum Gasteiger partial charge on any atom is 0.172 e. The lowest BCUT2D eigenvalue weighted by Gasteiger charge is -2.48. The molecule has 3 fully saturated rings. The van der Waals surface area contributed by atoms with Crippen LogP contribution in [0, 0.1) is 17.3 Å². The highest BCUT2D eigenvalue weighted by atomic mass is 16.7. The van der Waals surface area contributed by atoms with Crippen LogP contribution >= 0.6 is 0 Å². The lowest BCUT2D eigenvalue weighted by molar-refractivity contribution is -0.236. The van der Waals surface area contributed by atoms with Crippen molar-refractivity contribution in [3.05, 3.63) is 0 Å². The number of Topliss-reactive ketones (excluding diaryl/α,β-unsaturated/α-hetero) is 1. The average Bonchev–Trinajstić information content (AvgIpc) is 2.81. The Balaban J connectivity index is 1.95. The minimum Gasteiger partial charge on any atom is -0.347 e. The van der Waals surface area contributed by atoms with Gasteiger partial charge in [-0.25, -0.2) is 0 Å². The molecule has 1 heterocycles. The number of carbonyl (C=O) groups excluding carboxylic acids is 1. The summed E-state index contributed by atoms with van der Waals surface area (Å²) in [5.41, 5.74) is 0.124. The van der Waals surface area contributed by atoms with Crippen LogP contribution in [0.15, 0.2) is 0 Å². The number of fused-ring (bicyclic) bond motifs is 2. The highest BCUT2D eigenvalue weighted by Crippen LogP contribution is 2.56. The second kappa shape index (κ2) is 3.30. The number of ketones is 1. The normalized spacial score (nSPS) is 40.2. The van der Waals surface area contributed by atoms with Gasteiger partial charge in [-0.05, 0) is 18.3 Å². The van der Waals surface area contributed by atoms with Crippen LogP contribution in [-0.2, 0) is 14.3 Å². The third-order valence-electron chi connectivity index (χ3n) is 4.75. The first-order valence-electron chi connectivity index (χ1n) is 6.36. The molecule has 1 spiro atoms. The van der Waals surface area contributed by atoms with Crippen LogP contribution in [0.3, 0.4) is 0 Å². The van der Waals surface area contributed by atoms with E-state index < -0.39 is 5.79 Å². The van der Waals surface area contributed by atoms with Gasteiger partial charge in [-0.2, -0.15) is 0 Å². The Morgan fingerprint density at radius 1 is 1.19 bits per heavy atom. The fourth-order valence-corrected chi connectivity index (χ4v) is 3.96. The van der Waals surface area contributed by atoms with Crippen LogP contribution in [-0.4, -0.2) is 24.8 Å². The molecule has 0 bridgehead atoms. The van der Waals surface area contributed by atoms with E-state index in [1.807, 2.05) is 0 Å². The minimum atomic E-state index is -0.410. The third kappa shape index (κ3) is 1.31. The van der Waals surface area contributed by atoms with Crippen molar-refractivity contribution in [3.8, 4) is 0 Å². The van der Waals surface area contributed by atoms with Gasteiger partial charge in [0, 0.05) is 24.7 Å². The van der Waals surface area contributed by atoms with E-state index in [1.54, 1.807) is 0 Å². The first-order valence-corrected chi connectivity index (χ1v) is 6.36. The fourth-order valence-electron chi connectivity index (χ4n) is 3.96. The van der Waals surface area contributed by atoms with Gasteiger partial charge in [0.25, 0.3) is 0 Å². The zero-order valence-electron chi connectivity index (χ0n) is 10.1. The Morgan fingerprint density at radius 3 is 2.56 bits per heavy atom. The van der Waals surface area contributed by atoms with Crippen molar-refractivity contribution in [2.24, 2.45) is 17.3 Å². The van der Waals surface area contributed by atoms with Crippen LogP contribution in [0.1, 0.15) is 39.5 Å². The van der Waals surface area contributed by atoms with Gasteiger partial charge in [0.2, 0.25) is 0 Å². The maximum atomic E-state index is 12.1. The van der Waals surface area contributed by atoms with Crippen molar-refractivity contribution in [1.29, 1.82) is 0 Å². The van der Waals surface area contributed by atoms with E-state index in [4.69, 9.17) is 9.47 Å². The van der Waals surface area contributed by atoms with Gasteiger partial charge in [-0.3, -0.25) is 4.79 Å². The monoisotopic (exact) mass is 224 g/mol. The molecule has 0 radical (unpaired) electrons. The highest BCUT2D eigenvalue weighted by Gasteiger charge is 2.59. The van der Waals surface area contributed by atoms with Crippen molar-refractivity contribution in [1.82, 2.24) is 0 Å². The Morgan fingerprint density at radius 2 is 1.88 bits per heavy atom. The number of ether oxygens (including phenoxy) is 2. The summed E-state index contributed by atoms with van der Waals surface area (Å²) in [6.07, 6.45) is 3.65. The van der Waals surface area contributed by atoms with Crippen molar-refractivity contribution in [2.75, 3.05) is 13.2 Å². The number of carbonyl (C=O) groups is 1. The predicted octanol–water partition coefficient (Wildman–Crippen LogP) is 2.14. The molecule has 3 aliphatic rings. The SMILES string of the molecule is CC1(C)CCC2(OCCO2)C2CCC(=O)C21. The molecule has 3 heteroatoms. The largest absolute Gasteiger partial charge is 0.347 e. The molecule has 0 aromatic heterocycles. The molecule has 2 saturated carbocycles. The summed E-state index contributed by atoms with van der Waals surface area (Å²) in [7, 11) is 0. The molecule has 2 aliphatic carbocycles. The van der Waals surface area contributed by atoms with Crippen molar-refractivity contribution in [3.63, 3.8) is 0 Å². The Bertz CT molecular complexity index is 315. The Hall–Kier alpha value is -0.410. The van der Waals surface area contributed by atoms with Gasteiger partial charge in [-0.15, -0.1) is 0 Å². The second-order valence-electron chi connectivity index (χ2n) is 6.09. The summed E-state index contributed by atoms with van der Waals surface area (Å²) in [6, 6.07) is 0. The van der Waals surface area contributed by atoms with Gasteiger partial charge in [0.15, 0.2) is 5.79 Å². The lowest BCUT2D eigenvalue weighted by Crippen LogP contribution is -2.51. The summed E-state index contributed by atoms with van der Waals surface area (Å²) in [6.45, 7) is 5.82. The smallest absolute Gasteiger partial charge is 0.172 e. The zero-order chi connectivity index (χ0) is 11.4. The predicted molar refractivity (Wildman–Crippen MR) is 58.9 cm³/mol. The van der Waals surface area contributed by atoms with Gasteiger partial charge >= 0.3 is 0 Å². The van der Waals surface area contributed by atoms with Crippen LogP contribution in [0.25, 0.3) is 0 Å². The molecule has 0 aromatic carbocycles. The molecule has 3 nitrogen and oxygen atoms in total. The van der Waals surface area contributed by atoms with E-state index >= 15 is 0 Å². The zero-order valence-corrected chi connectivity index (χ0v) is 10.1.